The molecule has 0 saturated heterocycles. The molecular weight excluding hydrogens is 340 g/mol. The van der Waals surface area contributed by atoms with E-state index >= 15 is 0 Å². The number of rotatable bonds is 9. The maximum Gasteiger partial charge on any atom is 0.257 e. The zero-order valence-electron chi connectivity index (χ0n) is 13.9. The minimum atomic E-state index is -0.170. The van der Waals surface area contributed by atoms with Crippen LogP contribution in [0.2, 0.25) is 0 Å². The lowest BCUT2D eigenvalue weighted by Gasteiger charge is -2.08. The molecule has 0 aliphatic carbocycles. The van der Waals surface area contributed by atoms with Gasteiger partial charge >= 0.3 is 0 Å². The van der Waals surface area contributed by atoms with Crippen molar-refractivity contribution in [2.45, 2.75) is 12.8 Å². The number of nitrogens with one attached hydrogen (secondary N) is 1. The van der Waals surface area contributed by atoms with Crippen LogP contribution in [-0.4, -0.2) is 31.4 Å². The van der Waals surface area contributed by atoms with Crippen molar-refractivity contribution in [1.82, 2.24) is 5.32 Å². The van der Waals surface area contributed by atoms with E-state index in [4.69, 9.17) is 10.5 Å². The smallest absolute Gasteiger partial charge is 0.257 e. The molecular formula is C19H23ClN2O3. The van der Waals surface area contributed by atoms with Crippen molar-refractivity contribution in [2.24, 2.45) is 5.73 Å². The number of carbonyl (C=O) groups is 2. The summed E-state index contributed by atoms with van der Waals surface area (Å²) in [7, 11) is 0. The van der Waals surface area contributed by atoms with Gasteiger partial charge in [-0.25, -0.2) is 0 Å². The first-order valence-electron chi connectivity index (χ1n) is 8.00. The van der Waals surface area contributed by atoms with Gasteiger partial charge in [-0.2, -0.15) is 0 Å². The summed E-state index contributed by atoms with van der Waals surface area (Å²) in [6.45, 7) is 1.18. The molecule has 0 aliphatic rings. The van der Waals surface area contributed by atoms with Gasteiger partial charge in [-0.3, -0.25) is 9.59 Å². The number of benzene rings is 2. The summed E-state index contributed by atoms with van der Waals surface area (Å²) in [5.74, 6) is 0.341. The van der Waals surface area contributed by atoms with Crippen molar-refractivity contribution in [2.75, 3.05) is 19.7 Å². The highest BCUT2D eigenvalue weighted by Crippen LogP contribution is 2.15. The lowest BCUT2D eigenvalue weighted by Crippen LogP contribution is -2.29. The van der Waals surface area contributed by atoms with Crippen molar-refractivity contribution in [1.29, 1.82) is 0 Å². The van der Waals surface area contributed by atoms with Crippen LogP contribution in [0.1, 0.15) is 28.8 Å². The Morgan fingerprint density at radius 3 is 2.20 bits per heavy atom. The summed E-state index contributed by atoms with van der Waals surface area (Å²) in [6.07, 6.45) is 1.75. The highest BCUT2D eigenvalue weighted by Gasteiger charge is 2.08. The predicted octanol–water partition coefficient (Wildman–Crippen LogP) is 2.57. The fourth-order valence-corrected chi connectivity index (χ4v) is 2.16. The largest absolute Gasteiger partial charge is 0.484 e. The van der Waals surface area contributed by atoms with Crippen molar-refractivity contribution in [3.63, 3.8) is 0 Å². The molecule has 0 bridgehead atoms. The Labute approximate surface area is 154 Å². The molecule has 0 saturated carbocycles. The average Bonchev–Trinajstić information content (AvgIpc) is 2.64. The number of unbranched alkanes of at least 4 members (excludes halogenated alkanes) is 1. The van der Waals surface area contributed by atoms with E-state index in [0.717, 1.165) is 12.8 Å². The number of nitrogens with two attached hydrogens (primary N) is 1. The second-order valence-electron chi connectivity index (χ2n) is 5.35. The Hall–Kier alpha value is -2.37. The molecule has 2 aromatic rings. The fraction of sp³-hybridized carbons (Fsp3) is 0.263. The molecule has 0 heterocycles. The zero-order valence-corrected chi connectivity index (χ0v) is 14.8. The van der Waals surface area contributed by atoms with E-state index in [2.05, 4.69) is 5.32 Å². The summed E-state index contributed by atoms with van der Waals surface area (Å²) in [4.78, 5) is 23.9. The molecule has 0 aromatic heterocycles. The van der Waals surface area contributed by atoms with Crippen LogP contribution in [0.3, 0.4) is 0 Å². The van der Waals surface area contributed by atoms with Crippen LogP contribution in [0.4, 0.5) is 0 Å². The van der Waals surface area contributed by atoms with Crippen LogP contribution in [0.25, 0.3) is 0 Å². The van der Waals surface area contributed by atoms with Gasteiger partial charge in [0.25, 0.3) is 5.91 Å². The van der Waals surface area contributed by atoms with Crippen molar-refractivity contribution in [3.8, 4) is 5.75 Å². The van der Waals surface area contributed by atoms with Crippen LogP contribution in [0.5, 0.6) is 5.75 Å². The number of hydrogen-bond acceptors (Lipinski definition) is 4. The number of ether oxygens (including phenoxy) is 1. The van der Waals surface area contributed by atoms with E-state index < -0.39 is 0 Å². The molecule has 0 aliphatic heterocycles. The van der Waals surface area contributed by atoms with E-state index in [9.17, 15) is 9.59 Å². The molecule has 0 spiro atoms. The number of amides is 1. The van der Waals surface area contributed by atoms with Gasteiger partial charge in [-0.1, -0.05) is 30.3 Å². The molecule has 3 N–H and O–H groups in total. The van der Waals surface area contributed by atoms with Gasteiger partial charge in [-0.15, -0.1) is 12.4 Å². The number of hydrogen-bond donors (Lipinski definition) is 2. The Balaban J connectivity index is 0.00000312. The zero-order chi connectivity index (χ0) is 17.2. The third-order valence-corrected chi connectivity index (χ3v) is 3.48. The van der Waals surface area contributed by atoms with Crippen molar-refractivity contribution in [3.05, 3.63) is 65.7 Å². The first kappa shape index (κ1) is 20.7. The average molecular weight is 363 g/mol. The maximum atomic E-state index is 12.3. The second kappa shape index (κ2) is 11.2. The number of halogens is 1. The van der Waals surface area contributed by atoms with Gasteiger partial charge in [0.05, 0.1) is 0 Å². The molecule has 0 unspecified atom stereocenters. The Bertz CT molecular complexity index is 660. The van der Waals surface area contributed by atoms with E-state index in [1.807, 2.05) is 18.2 Å². The monoisotopic (exact) mass is 362 g/mol. The molecule has 2 rings (SSSR count). The van der Waals surface area contributed by atoms with E-state index in [-0.39, 0.29) is 30.7 Å². The Kier molecular flexibility index (Phi) is 9.29. The summed E-state index contributed by atoms with van der Waals surface area (Å²) in [5.41, 5.74) is 6.61. The SMILES string of the molecule is Cl.NCCCCNC(=O)COc1ccc(C(=O)c2ccccc2)cc1. The minimum Gasteiger partial charge on any atom is -0.484 e. The van der Waals surface area contributed by atoms with Gasteiger partial charge in [0.15, 0.2) is 12.4 Å². The van der Waals surface area contributed by atoms with Crippen molar-refractivity contribution >= 4 is 24.1 Å². The Morgan fingerprint density at radius 1 is 0.920 bits per heavy atom. The molecule has 1 amide bonds. The van der Waals surface area contributed by atoms with Crippen LogP contribution >= 0.6 is 12.4 Å². The third kappa shape index (κ3) is 6.95. The molecule has 134 valence electrons. The summed E-state index contributed by atoms with van der Waals surface area (Å²) in [5, 5.41) is 2.77. The van der Waals surface area contributed by atoms with Crippen LogP contribution in [-0.2, 0) is 4.79 Å². The Morgan fingerprint density at radius 2 is 1.56 bits per heavy atom. The quantitative estimate of drug-likeness (QED) is 0.530. The third-order valence-electron chi connectivity index (χ3n) is 3.48. The second-order valence-corrected chi connectivity index (χ2v) is 5.35. The normalized spacial score (nSPS) is 9.80. The molecule has 25 heavy (non-hydrogen) atoms. The van der Waals surface area contributed by atoms with Gasteiger partial charge in [0, 0.05) is 17.7 Å². The summed E-state index contributed by atoms with van der Waals surface area (Å²) < 4.78 is 5.42. The van der Waals surface area contributed by atoms with E-state index in [1.54, 1.807) is 36.4 Å². The lowest BCUT2D eigenvalue weighted by atomic mass is 10.0. The standard InChI is InChI=1S/C19H22N2O3.ClH/c20-12-4-5-13-21-18(22)14-24-17-10-8-16(9-11-17)19(23)15-6-2-1-3-7-15;/h1-3,6-11H,4-5,12-14,20H2,(H,21,22);1H. The minimum absolute atomic E-state index is 0. The topological polar surface area (TPSA) is 81.4 Å². The fourth-order valence-electron chi connectivity index (χ4n) is 2.16. The first-order chi connectivity index (χ1) is 11.7. The van der Waals surface area contributed by atoms with Gasteiger partial charge in [-0.05, 0) is 43.7 Å². The molecule has 2 aromatic carbocycles. The molecule has 0 atom stereocenters. The summed E-state index contributed by atoms with van der Waals surface area (Å²) >= 11 is 0. The highest BCUT2D eigenvalue weighted by molar-refractivity contribution is 6.08. The summed E-state index contributed by atoms with van der Waals surface area (Å²) in [6, 6.07) is 15.9. The number of ketones is 1. The maximum absolute atomic E-state index is 12.3. The van der Waals surface area contributed by atoms with Crippen LogP contribution in [0.15, 0.2) is 54.6 Å². The lowest BCUT2D eigenvalue weighted by molar-refractivity contribution is -0.123. The molecule has 6 heteroatoms. The van der Waals surface area contributed by atoms with Gasteiger partial charge in [0.2, 0.25) is 0 Å². The van der Waals surface area contributed by atoms with Crippen LogP contribution in [0, 0.1) is 0 Å². The van der Waals surface area contributed by atoms with E-state index in [1.165, 1.54) is 0 Å². The number of carbonyl (C=O) groups excluding carboxylic acids is 2. The van der Waals surface area contributed by atoms with E-state index in [0.29, 0.717) is 30.0 Å². The van der Waals surface area contributed by atoms with Gasteiger partial charge < -0.3 is 15.8 Å². The molecule has 5 nitrogen and oxygen atoms in total. The highest BCUT2D eigenvalue weighted by atomic mass is 35.5. The van der Waals surface area contributed by atoms with Crippen LogP contribution < -0.4 is 15.8 Å². The first-order valence-corrected chi connectivity index (χ1v) is 8.00. The van der Waals surface area contributed by atoms with Gasteiger partial charge in [0.1, 0.15) is 5.75 Å². The van der Waals surface area contributed by atoms with Crippen molar-refractivity contribution < 1.29 is 14.3 Å². The predicted molar refractivity (Wildman–Crippen MR) is 100 cm³/mol. The molecule has 0 radical (unpaired) electrons. The molecule has 0 fully saturated rings.